The summed E-state index contributed by atoms with van der Waals surface area (Å²) >= 11 is 1.03. The van der Waals surface area contributed by atoms with Crippen LogP contribution in [0.2, 0.25) is 0 Å². The van der Waals surface area contributed by atoms with Crippen LogP contribution >= 0.6 is 11.8 Å². The van der Waals surface area contributed by atoms with Crippen LogP contribution in [0.5, 0.6) is 0 Å². The smallest absolute Gasteiger partial charge is 0.277 e. The van der Waals surface area contributed by atoms with Gasteiger partial charge < -0.3 is 9.73 Å². The van der Waals surface area contributed by atoms with E-state index in [1.807, 2.05) is 0 Å². The molecule has 8 nitrogen and oxygen atoms in total. The normalized spacial score (nSPS) is 10.6. The van der Waals surface area contributed by atoms with Crippen LogP contribution in [0, 0.1) is 22.9 Å². The second kappa shape index (κ2) is 7.96. The number of non-ortho nitro benzene ring substituents is 1. The zero-order chi connectivity index (χ0) is 19.4. The standard InChI is InChI=1S/C17H13FN4O4S/c1-10-7-13(22(24)25)5-6-14(10)19-15(23)9-27-17-21-20-16(26-17)11-3-2-4-12(18)8-11/h2-8H,9H2,1H3,(H,19,23). The summed E-state index contributed by atoms with van der Waals surface area (Å²) in [5.41, 5.74) is 1.46. The largest absolute Gasteiger partial charge is 0.411 e. The number of halogens is 1. The molecular weight excluding hydrogens is 375 g/mol. The van der Waals surface area contributed by atoms with Gasteiger partial charge in [-0.05, 0) is 36.8 Å². The molecule has 0 aliphatic heterocycles. The van der Waals surface area contributed by atoms with Crippen molar-refractivity contribution in [2.75, 3.05) is 11.1 Å². The molecule has 1 aromatic heterocycles. The highest BCUT2D eigenvalue weighted by molar-refractivity contribution is 7.99. The molecule has 2 aromatic carbocycles. The van der Waals surface area contributed by atoms with Crippen LogP contribution in [0.1, 0.15) is 5.56 Å². The van der Waals surface area contributed by atoms with E-state index in [0.29, 0.717) is 16.8 Å². The second-order valence-corrected chi connectivity index (χ2v) is 6.40. The minimum atomic E-state index is -0.500. The molecule has 0 unspecified atom stereocenters. The maximum atomic E-state index is 13.2. The lowest BCUT2D eigenvalue weighted by molar-refractivity contribution is -0.384. The minimum absolute atomic E-state index is 0.00120. The van der Waals surface area contributed by atoms with Crippen molar-refractivity contribution in [1.82, 2.24) is 10.2 Å². The summed E-state index contributed by atoms with van der Waals surface area (Å²) in [7, 11) is 0. The van der Waals surface area contributed by atoms with Crippen molar-refractivity contribution in [2.24, 2.45) is 0 Å². The number of anilines is 1. The summed E-state index contributed by atoms with van der Waals surface area (Å²) < 4.78 is 18.6. The number of hydrogen-bond donors (Lipinski definition) is 1. The second-order valence-electron chi connectivity index (χ2n) is 5.48. The van der Waals surface area contributed by atoms with Gasteiger partial charge in [-0.2, -0.15) is 0 Å². The van der Waals surface area contributed by atoms with Crippen molar-refractivity contribution < 1.29 is 18.5 Å². The number of thioether (sulfide) groups is 1. The van der Waals surface area contributed by atoms with Gasteiger partial charge in [-0.3, -0.25) is 14.9 Å². The van der Waals surface area contributed by atoms with E-state index in [4.69, 9.17) is 4.42 Å². The predicted molar refractivity (Wildman–Crippen MR) is 96.9 cm³/mol. The molecule has 0 bridgehead atoms. The van der Waals surface area contributed by atoms with Crippen LogP contribution in [0.3, 0.4) is 0 Å². The molecule has 10 heteroatoms. The lowest BCUT2D eigenvalue weighted by atomic mass is 10.2. The van der Waals surface area contributed by atoms with Crippen molar-refractivity contribution in [3.8, 4) is 11.5 Å². The average Bonchev–Trinajstić information content (AvgIpc) is 3.10. The molecule has 0 saturated heterocycles. The number of nitrogens with one attached hydrogen (secondary N) is 1. The number of nitro benzene ring substituents is 1. The molecule has 27 heavy (non-hydrogen) atoms. The number of nitrogens with zero attached hydrogens (tertiary/aromatic N) is 3. The van der Waals surface area contributed by atoms with E-state index in [0.717, 1.165) is 11.8 Å². The Morgan fingerprint density at radius 3 is 2.81 bits per heavy atom. The molecule has 0 aliphatic rings. The number of rotatable bonds is 6. The molecule has 0 spiro atoms. The molecule has 3 rings (SSSR count). The van der Waals surface area contributed by atoms with Gasteiger partial charge in [-0.15, -0.1) is 10.2 Å². The maximum absolute atomic E-state index is 13.2. The Morgan fingerprint density at radius 1 is 1.30 bits per heavy atom. The molecule has 138 valence electrons. The Kier molecular flexibility index (Phi) is 5.46. The molecule has 0 saturated carbocycles. The summed E-state index contributed by atoms with van der Waals surface area (Å²) in [6.07, 6.45) is 0. The molecule has 0 atom stereocenters. The van der Waals surface area contributed by atoms with Crippen LogP contribution in [-0.4, -0.2) is 26.8 Å². The molecule has 1 amide bonds. The molecule has 0 fully saturated rings. The topological polar surface area (TPSA) is 111 Å². The fraction of sp³-hybridized carbons (Fsp3) is 0.118. The van der Waals surface area contributed by atoms with Gasteiger partial charge in [-0.25, -0.2) is 4.39 Å². The monoisotopic (exact) mass is 388 g/mol. The van der Waals surface area contributed by atoms with E-state index in [1.54, 1.807) is 13.0 Å². The first-order valence-electron chi connectivity index (χ1n) is 7.69. The number of aromatic nitrogens is 2. The van der Waals surface area contributed by atoms with E-state index >= 15 is 0 Å². The quantitative estimate of drug-likeness (QED) is 0.388. The maximum Gasteiger partial charge on any atom is 0.277 e. The highest BCUT2D eigenvalue weighted by atomic mass is 32.2. The molecule has 3 aromatic rings. The summed E-state index contributed by atoms with van der Waals surface area (Å²) in [6, 6.07) is 9.92. The predicted octanol–water partition coefficient (Wildman–Crippen LogP) is 3.82. The van der Waals surface area contributed by atoms with E-state index < -0.39 is 10.7 Å². The van der Waals surface area contributed by atoms with E-state index in [-0.39, 0.29) is 28.5 Å². The third kappa shape index (κ3) is 4.67. The number of amides is 1. The number of aryl methyl sites for hydroxylation is 1. The Morgan fingerprint density at radius 2 is 2.11 bits per heavy atom. The minimum Gasteiger partial charge on any atom is -0.411 e. The van der Waals surface area contributed by atoms with Gasteiger partial charge >= 0.3 is 0 Å². The molecule has 1 heterocycles. The fourth-order valence-electron chi connectivity index (χ4n) is 2.22. The van der Waals surface area contributed by atoms with Crippen LogP contribution in [0.4, 0.5) is 15.8 Å². The zero-order valence-electron chi connectivity index (χ0n) is 14.0. The Labute approximate surface area is 156 Å². The van der Waals surface area contributed by atoms with Crippen LogP contribution < -0.4 is 5.32 Å². The van der Waals surface area contributed by atoms with Gasteiger partial charge in [0.1, 0.15) is 5.82 Å². The number of hydrogen-bond acceptors (Lipinski definition) is 7. The van der Waals surface area contributed by atoms with Crippen molar-refractivity contribution >= 4 is 29.0 Å². The summed E-state index contributed by atoms with van der Waals surface area (Å²) in [5.74, 6) is -0.592. The van der Waals surface area contributed by atoms with E-state index in [1.165, 1.54) is 36.4 Å². The third-order valence-electron chi connectivity index (χ3n) is 3.50. The van der Waals surface area contributed by atoms with Crippen molar-refractivity contribution in [3.05, 3.63) is 64.0 Å². The highest BCUT2D eigenvalue weighted by Gasteiger charge is 2.13. The zero-order valence-corrected chi connectivity index (χ0v) is 14.8. The Hall–Kier alpha value is -3.27. The highest BCUT2D eigenvalue weighted by Crippen LogP contribution is 2.25. The van der Waals surface area contributed by atoms with Gasteiger partial charge in [0.2, 0.25) is 11.8 Å². The van der Waals surface area contributed by atoms with Gasteiger partial charge in [0.05, 0.1) is 10.7 Å². The van der Waals surface area contributed by atoms with Crippen LogP contribution in [0.15, 0.2) is 52.1 Å². The van der Waals surface area contributed by atoms with Gasteiger partial charge in [-0.1, -0.05) is 17.8 Å². The van der Waals surface area contributed by atoms with Crippen molar-refractivity contribution in [1.29, 1.82) is 0 Å². The molecule has 0 radical (unpaired) electrons. The van der Waals surface area contributed by atoms with E-state index in [2.05, 4.69) is 15.5 Å². The first-order valence-corrected chi connectivity index (χ1v) is 8.68. The summed E-state index contributed by atoms with van der Waals surface area (Å²) in [6.45, 7) is 1.67. The van der Waals surface area contributed by atoms with Gasteiger partial charge in [0.15, 0.2) is 0 Å². The molecular formula is C17H13FN4O4S. The molecule has 0 aliphatic carbocycles. The van der Waals surface area contributed by atoms with Gasteiger partial charge in [0, 0.05) is 23.4 Å². The Bertz CT molecular complexity index is 1010. The first-order chi connectivity index (χ1) is 12.9. The van der Waals surface area contributed by atoms with Crippen LogP contribution in [-0.2, 0) is 4.79 Å². The lowest BCUT2D eigenvalue weighted by Gasteiger charge is -2.07. The first kappa shape index (κ1) is 18.5. The summed E-state index contributed by atoms with van der Waals surface area (Å²) in [4.78, 5) is 22.3. The number of carbonyl (C=O) groups is 1. The van der Waals surface area contributed by atoms with E-state index in [9.17, 15) is 19.3 Å². The Balaban J connectivity index is 1.59. The van der Waals surface area contributed by atoms with Crippen molar-refractivity contribution in [2.45, 2.75) is 12.1 Å². The fourth-order valence-corrected chi connectivity index (χ4v) is 2.78. The van der Waals surface area contributed by atoms with Crippen LogP contribution in [0.25, 0.3) is 11.5 Å². The average molecular weight is 388 g/mol. The molecule has 1 N–H and O–H groups in total. The number of carbonyl (C=O) groups excluding carboxylic acids is 1. The number of benzene rings is 2. The SMILES string of the molecule is Cc1cc([N+](=O)[O-])ccc1NC(=O)CSc1nnc(-c2cccc(F)c2)o1. The van der Waals surface area contributed by atoms with Gasteiger partial charge in [0.25, 0.3) is 10.9 Å². The lowest BCUT2D eigenvalue weighted by Crippen LogP contribution is -2.14. The summed E-state index contributed by atoms with van der Waals surface area (Å²) in [5, 5.41) is 21.2. The third-order valence-corrected chi connectivity index (χ3v) is 4.32. The van der Waals surface area contributed by atoms with Crippen molar-refractivity contribution in [3.63, 3.8) is 0 Å². The number of nitro groups is 1.